The molecule has 0 spiro atoms. The third kappa shape index (κ3) is 4.63. The van der Waals surface area contributed by atoms with Crippen LogP contribution >= 0.6 is 0 Å². The molecule has 1 aliphatic carbocycles. The van der Waals surface area contributed by atoms with Crippen molar-refractivity contribution in [2.24, 2.45) is 17.1 Å². The van der Waals surface area contributed by atoms with Gasteiger partial charge in [-0.05, 0) is 61.2 Å². The largest absolute Gasteiger partial charge is 0.330 e. The van der Waals surface area contributed by atoms with Crippen LogP contribution in [0.25, 0.3) is 0 Å². The predicted molar refractivity (Wildman–Crippen MR) is 82.3 cm³/mol. The number of benzene rings is 1. The van der Waals surface area contributed by atoms with Crippen LogP contribution in [0.15, 0.2) is 24.3 Å². The van der Waals surface area contributed by atoms with Crippen molar-refractivity contribution in [1.82, 2.24) is 5.32 Å². The van der Waals surface area contributed by atoms with Gasteiger partial charge < -0.3 is 11.1 Å². The number of nitrogens with two attached hydrogens (primary N) is 1. The van der Waals surface area contributed by atoms with E-state index in [1.54, 1.807) is 0 Å². The van der Waals surface area contributed by atoms with E-state index in [9.17, 15) is 0 Å². The summed E-state index contributed by atoms with van der Waals surface area (Å²) < 4.78 is 0. The molecular formula is C17H28N2. The fraction of sp³-hybridized carbons (Fsp3) is 0.647. The number of hydrogen-bond acceptors (Lipinski definition) is 2. The highest BCUT2D eigenvalue weighted by molar-refractivity contribution is 5.23. The molecule has 0 aromatic heterocycles. The van der Waals surface area contributed by atoms with Crippen LogP contribution in [0.2, 0.25) is 0 Å². The molecule has 106 valence electrons. The Bertz CT molecular complexity index is 377. The molecule has 0 amide bonds. The summed E-state index contributed by atoms with van der Waals surface area (Å²) in [5, 5.41) is 3.55. The summed E-state index contributed by atoms with van der Waals surface area (Å²) in [5.41, 5.74) is 9.10. The van der Waals surface area contributed by atoms with Crippen molar-refractivity contribution in [2.45, 2.75) is 39.5 Å². The quantitative estimate of drug-likeness (QED) is 0.705. The molecule has 0 atom stereocenters. The predicted octanol–water partition coefficient (Wildman–Crippen LogP) is 2.76. The first-order valence-corrected chi connectivity index (χ1v) is 7.62. The van der Waals surface area contributed by atoms with Crippen LogP contribution in [0, 0.1) is 11.3 Å². The minimum Gasteiger partial charge on any atom is -0.330 e. The van der Waals surface area contributed by atoms with Crippen LogP contribution < -0.4 is 11.1 Å². The Kier molecular flexibility index (Phi) is 5.00. The molecular weight excluding hydrogens is 232 g/mol. The zero-order valence-corrected chi connectivity index (χ0v) is 12.4. The van der Waals surface area contributed by atoms with Gasteiger partial charge in [-0.1, -0.05) is 38.1 Å². The van der Waals surface area contributed by atoms with Gasteiger partial charge in [0, 0.05) is 6.54 Å². The summed E-state index contributed by atoms with van der Waals surface area (Å²) in [6.45, 7) is 7.52. The Hall–Kier alpha value is -0.860. The molecule has 0 aliphatic heterocycles. The Labute approximate surface area is 117 Å². The number of rotatable bonds is 8. The Morgan fingerprint density at radius 1 is 1.16 bits per heavy atom. The second kappa shape index (κ2) is 6.53. The van der Waals surface area contributed by atoms with E-state index >= 15 is 0 Å². The lowest BCUT2D eigenvalue weighted by Gasteiger charge is -2.13. The van der Waals surface area contributed by atoms with E-state index in [0.29, 0.717) is 5.41 Å². The van der Waals surface area contributed by atoms with E-state index in [2.05, 4.69) is 43.4 Å². The van der Waals surface area contributed by atoms with Gasteiger partial charge in [-0.25, -0.2) is 0 Å². The van der Waals surface area contributed by atoms with Crippen molar-refractivity contribution in [1.29, 1.82) is 0 Å². The molecule has 0 bridgehead atoms. The van der Waals surface area contributed by atoms with Crippen LogP contribution in [0.4, 0.5) is 0 Å². The van der Waals surface area contributed by atoms with E-state index in [1.165, 1.54) is 30.4 Å². The minimum absolute atomic E-state index is 0.446. The maximum absolute atomic E-state index is 5.78. The van der Waals surface area contributed by atoms with E-state index in [4.69, 9.17) is 5.73 Å². The first kappa shape index (κ1) is 14.5. The maximum Gasteiger partial charge on any atom is 0.00200 e. The summed E-state index contributed by atoms with van der Waals surface area (Å²) in [6, 6.07) is 9.10. The molecule has 2 heteroatoms. The third-order valence-corrected chi connectivity index (χ3v) is 4.15. The van der Waals surface area contributed by atoms with E-state index < -0.39 is 0 Å². The Balaban J connectivity index is 1.68. The summed E-state index contributed by atoms with van der Waals surface area (Å²) >= 11 is 0. The van der Waals surface area contributed by atoms with Gasteiger partial charge in [0.1, 0.15) is 0 Å². The van der Waals surface area contributed by atoms with Crippen LogP contribution in [-0.4, -0.2) is 19.6 Å². The second-order valence-electron chi connectivity index (χ2n) is 6.55. The average Bonchev–Trinajstić information content (AvgIpc) is 3.17. The van der Waals surface area contributed by atoms with Gasteiger partial charge in [0.15, 0.2) is 0 Å². The third-order valence-electron chi connectivity index (χ3n) is 4.15. The average molecular weight is 260 g/mol. The van der Waals surface area contributed by atoms with Crippen molar-refractivity contribution < 1.29 is 0 Å². The van der Waals surface area contributed by atoms with Gasteiger partial charge in [0.25, 0.3) is 0 Å². The molecule has 1 aromatic carbocycles. The zero-order valence-electron chi connectivity index (χ0n) is 12.4. The van der Waals surface area contributed by atoms with Gasteiger partial charge in [0.2, 0.25) is 0 Å². The van der Waals surface area contributed by atoms with Crippen LogP contribution in [0.1, 0.15) is 37.8 Å². The Morgan fingerprint density at radius 2 is 1.79 bits per heavy atom. The zero-order chi connectivity index (χ0) is 13.7. The smallest absolute Gasteiger partial charge is 0.00200 e. The van der Waals surface area contributed by atoms with Crippen molar-refractivity contribution in [2.75, 3.05) is 19.6 Å². The van der Waals surface area contributed by atoms with Crippen molar-refractivity contribution in [3.8, 4) is 0 Å². The van der Waals surface area contributed by atoms with Crippen LogP contribution in [0.3, 0.4) is 0 Å². The summed E-state index contributed by atoms with van der Waals surface area (Å²) in [7, 11) is 0. The maximum atomic E-state index is 5.78. The Morgan fingerprint density at radius 3 is 2.32 bits per heavy atom. The van der Waals surface area contributed by atoms with Crippen molar-refractivity contribution in [3.63, 3.8) is 0 Å². The molecule has 3 N–H and O–H groups in total. The molecule has 0 unspecified atom stereocenters. The standard InChI is InChI=1S/C17H28N2/c1-14(2)11-16-5-3-15(4-6-16)7-10-19-13-17(12-18)8-9-17/h3-6,14,19H,7-13,18H2,1-2H3. The molecule has 19 heavy (non-hydrogen) atoms. The summed E-state index contributed by atoms with van der Waals surface area (Å²) in [4.78, 5) is 0. The lowest BCUT2D eigenvalue weighted by molar-refractivity contribution is 0.470. The fourth-order valence-corrected chi connectivity index (χ4v) is 2.53. The molecule has 0 radical (unpaired) electrons. The van der Waals surface area contributed by atoms with Gasteiger partial charge in [0.05, 0.1) is 0 Å². The lowest BCUT2D eigenvalue weighted by Crippen LogP contribution is -2.30. The van der Waals surface area contributed by atoms with Gasteiger partial charge >= 0.3 is 0 Å². The number of hydrogen-bond donors (Lipinski definition) is 2. The fourth-order valence-electron chi connectivity index (χ4n) is 2.53. The van der Waals surface area contributed by atoms with Gasteiger partial charge in [-0.15, -0.1) is 0 Å². The highest BCUT2D eigenvalue weighted by Gasteiger charge is 2.40. The van der Waals surface area contributed by atoms with Crippen LogP contribution in [0.5, 0.6) is 0 Å². The van der Waals surface area contributed by atoms with Crippen molar-refractivity contribution >= 4 is 0 Å². The normalized spacial score (nSPS) is 16.8. The number of nitrogens with one attached hydrogen (secondary N) is 1. The van der Waals surface area contributed by atoms with E-state index in [1.807, 2.05) is 0 Å². The van der Waals surface area contributed by atoms with Crippen LogP contribution in [-0.2, 0) is 12.8 Å². The highest BCUT2D eigenvalue weighted by atomic mass is 14.9. The van der Waals surface area contributed by atoms with Gasteiger partial charge in [-0.3, -0.25) is 0 Å². The van der Waals surface area contributed by atoms with E-state index in [-0.39, 0.29) is 0 Å². The minimum atomic E-state index is 0.446. The van der Waals surface area contributed by atoms with Gasteiger partial charge in [-0.2, -0.15) is 0 Å². The van der Waals surface area contributed by atoms with E-state index in [0.717, 1.165) is 32.0 Å². The first-order chi connectivity index (χ1) is 9.13. The lowest BCUT2D eigenvalue weighted by atomic mass is 10.0. The molecule has 0 saturated heterocycles. The molecule has 2 rings (SSSR count). The SMILES string of the molecule is CC(C)Cc1ccc(CCNCC2(CN)CC2)cc1. The molecule has 2 nitrogen and oxygen atoms in total. The topological polar surface area (TPSA) is 38.0 Å². The summed E-state index contributed by atoms with van der Waals surface area (Å²) in [5.74, 6) is 0.735. The summed E-state index contributed by atoms with van der Waals surface area (Å²) in [6.07, 6.45) is 4.90. The molecule has 0 heterocycles. The molecule has 1 aromatic rings. The second-order valence-corrected chi connectivity index (χ2v) is 6.55. The molecule has 1 aliphatic rings. The highest BCUT2D eigenvalue weighted by Crippen LogP contribution is 2.43. The molecule has 1 fully saturated rings. The monoisotopic (exact) mass is 260 g/mol. The first-order valence-electron chi connectivity index (χ1n) is 7.62. The molecule has 1 saturated carbocycles. The van der Waals surface area contributed by atoms with Crippen molar-refractivity contribution in [3.05, 3.63) is 35.4 Å².